The zero-order valence-corrected chi connectivity index (χ0v) is 25.1. The summed E-state index contributed by atoms with van der Waals surface area (Å²) < 4.78 is 0. The molecule has 0 aliphatic heterocycles. The van der Waals surface area contributed by atoms with E-state index < -0.39 is 12.0 Å². The zero-order chi connectivity index (χ0) is 27.4. The molecule has 0 aromatic heterocycles. The van der Waals surface area contributed by atoms with Crippen molar-refractivity contribution in [1.82, 2.24) is 10.2 Å². The van der Waals surface area contributed by atoms with Crippen LogP contribution in [0.15, 0.2) is 0 Å². The molecule has 5 heteroatoms. The van der Waals surface area contributed by atoms with Crippen molar-refractivity contribution >= 4 is 11.9 Å². The van der Waals surface area contributed by atoms with E-state index in [1.54, 1.807) is 19.0 Å². The molecule has 1 amide bonds. The first-order chi connectivity index (χ1) is 17.1. The van der Waals surface area contributed by atoms with Gasteiger partial charge >= 0.3 is 5.97 Å². The van der Waals surface area contributed by atoms with E-state index in [1.165, 1.54) is 64.2 Å². The van der Waals surface area contributed by atoms with Crippen molar-refractivity contribution in [2.75, 3.05) is 20.6 Å². The average molecular weight is 509 g/mol. The third-order valence-corrected chi connectivity index (χ3v) is 9.84. The highest BCUT2D eigenvalue weighted by Crippen LogP contribution is 2.61. The highest BCUT2D eigenvalue weighted by Gasteiger charge is 2.51. The molecule has 212 valence electrons. The largest absolute Gasteiger partial charge is 0.480 e. The molecule has 0 aromatic carbocycles. The molecule has 36 heavy (non-hydrogen) atoms. The Balaban J connectivity index is 0.00000316. The minimum absolute atomic E-state index is 0.0672. The van der Waals surface area contributed by atoms with Crippen LogP contribution in [-0.2, 0) is 9.59 Å². The quantitative estimate of drug-likeness (QED) is 0.240. The maximum Gasteiger partial charge on any atom is 0.320 e. The molecule has 2 saturated carbocycles. The Morgan fingerprint density at radius 1 is 1.08 bits per heavy atom. The van der Waals surface area contributed by atoms with Crippen molar-refractivity contribution in [1.29, 1.82) is 0 Å². The number of unbranched alkanes of at least 4 members (excludes halogenated alkanes) is 1. The van der Waals surface area contributed by atoms with Crippen LogP contribution in [0.25, 0.3) is 0 Å². The van der Waals surface area contributed by atoms with E-state index in [4.69, 9.17) is 0 Å². The molecule has 6 unspecified atom stereocenters. The topological polar surface area (TPSA) is 69.6 Å². The second-order valence-electron chi connectivity index (χ2n) is 12.3. The van der Waals surface area contributed by atoms with Crippen LogP contribution in [0.4, 0.5) is 0 Å². The minimum Gasteiger partial charge on any atom is -0.480 e. The van der Waals surface area contributed by atoms with Crippen molar-refractivity contribution in [3.63, 3.8) is 0 Å². The molecule has 6 atom stereocenters. The normalized spacial score (nSPS) is 28.0. The molecule has 0 heterocycles. The van der Waals surface area contributed by atoms with E-state index in [2.05, 4.69) is 33.0 Å². The molecule has 2 fully saturated rings. The lowest BCUT2D eigenvalue weighted by atomic mass is 9.56. The highest BCUT2D eigenvalue weighted by atomic mass is 16.4. The number of amides is 1. The molecule has 0 radical (unpaired) electrons. The Morgan fingerprint density at radius 2 is 1.78 bits per heavy atom. The van der Waals surface area contributed by atoms with Gasteiger partial charge in [-0.15, -0.1) is 0 Å². The molecular weight excluding hydrogens is 448 g/mol. The first kappa shape index (κ1) is 32.9. The maximum absolute atomic E-state index is 12.3. The van der Waals surface area contributed by atoms with E-state index in [9.17, 15) is 14.7 Å². The Hall–Kier alpha value is -1.10. The highest BCUT2D eigenvalue weighted by molar-refractivity contribution is 5.76. The fourth-order valence-corrected chi connectivity index (χ4v) is 7.48. The van der Waals surface area contributed by atoms with Crippen LogP contribution in [0, 0.1) is 28.6 Å². The van der Waals surface area contributed by atoms with Crippen LogP contribution in [0.5, 0.6) is 0 Å². The van der Waals surface area contributed by atoms with Crippen LogP contribution < -0.4 is 5.32 Å². The lowest BCUT2D eigenvalue weighted by molar-refractivity contribution is -0.142. The summed E-state index contributed by atoms with van der Waals surface area (Å²) in [6.45, 7) is 14.2. The van der Waals surface area contributed by atoms with Gasteiger partial charge in [0, 0.05) is 13.0 Å². The van der Waals surface area contributed by atoms with Crippen molar-refractivity contribution < 1.29 is 14.7 Å². The lowest BCUT2D eigenvalue weighted by Gasteiger charge is -2.49. The summed E-state index contributed by atoms with van der Waals surface area (Å²) in [5.74, 6) is 1.74. The fourth-order valence-electron chi connectivity index (χ4n) is 7.48. The number of hydrogen-bond acceptors (Lipinski definition) is 3. The molecule has 2 aliphatic carbocycles. The molecule has 2 rings (SSSR count). The molecule has 0 aromatic rings. The molecule has 0 saturated heterocycles. The van der Waals surface area contributed by atoms with Crippen LogP contribution in [0.2, 0.25) is 0 Å². The number of hydrogen-bond donors (Lipinski definition) is 2. The monoisotopic (exact) mass is 508 g/mol. The van der Waals surface area contributed by atoms with E-state index >= 15 is 0 Å². The second kappa shape index (κ2) is 16.0. The summed E-state index contributed by atoms with van der Waals surface area (Å²) in [5, 5.41) is 12.2. The molecule has 0 spiro atoms. The van der Waals surface area contributed by atoms with Gasteiger partial charge in [0.05, 0.1) is 0 Å². The van der Waals surface area contributed by atoms with Gasteiger partial charge in [-0.05, 0) is 107 Å². The Bertz CT molecular complexity index is 652. The molecule has 2 aliphatic rings. The Labute approximate surface area is 223 Å². The summed E-state index contributed by atoms with van der Waals surface area (Å²) in [4.78, 5) is 25.3. The van der Waals surface area contributed by atoms with Gasteiger partial charge in [0.15, 0.2) is 0 Å². The van der Waals surface area contributed by atoms with Gasteiger partial charge in [-0.2, -0.15) is 0 Å². The number of carbonyl (C=O) groups excluding carboxylic acids is 1. The SMILES string of the molecule is CC.CCCCC(C)(CCC)C1CCC2(C)C(CCCC(=O)NCCC(C(=O)O)N(C)C)CCC2C1. The van der Waals surface area contributed by atoms with Gasteiger partial charge in [0.25, 0.3) is 0 Å². The van der Waals surface area contributed by atoms with Crippen molar-refractivity contribution in [3.8, 4) is 0 Å². The van der Waals surface area contributed by atoms with E-state index in [0.29, 0.717) is 30.2 Å². The van der Waals surface area contributed by atoms with Crippen LogP contribution in [0.3, 0.4) is 0 Å². The number of likely N-dealkylation sites (N-methyl/N-ethyl adjacent to an activating group) is 1. The van der Waals surface area contributed by atoms with E-state index in [0.717, 1.165) is 30.6 Å². The van der Waals surface area contributed by atoms with Gasteiger partial charge < -0.3 is 10.4 Å². The van der Waals surface area contributed by atoms with Gasteiger partial charge in [0.2, 0.25) is 5.91 Å². The average Bonchev–Trinajstić information content (AvgIpc) is 3.16. The predicted octanol–water partition coefficient (Wildman–Crippen LogP) is 7.53. The third-order valence-electron chi connectivity index (χ3n) is 9.84. The summed E-state index contributed by atoms with van der Waals surface area (Å²) in [5.41, 5.74) is 0.986. The number of nitrogens with one attached hydrogen (secondary N) is 1. The maximum atomic E-state index is 12.3. The van der Waals surface area contributed by atoms with Crippen LogP contribution >= 0.6 is 0 Å². The van der Waals surface area contributed by atoms with Crippen molar-refractivity contribution in [3.05, 3.63) is 0 Å². The van der Waals surface area contributed by atoms with Gasteiger partial charge in [0.1, 0.15) is 6.04 Å². The molecule has 5 nitrogen and oxygen atoms in total. The summed E-state index contributed by atoms with van der Waals surface area (Å²) in [6.07, 6.45) is 16.7. The van der Waals surface area contributed by atoms with Crippen molar-refractivity contribution in [2.45, 2.75) is 137 Å². The van der Waals surface area contributed by atoms with Crippen molar-refractivity contribution in [2.24, 2.45) is 28.6 Å². The fraction of sp³-hybridized carbons (Fsp3) is 0.935. The number of rotatable bonds is 15. The lowest BCUT2D eigenvalue weighted by Crippen LogP contribution is -2.40. The number of carboxylic acid groups (broad SMARTS) is 1. The molecule has 0 bridgehead atoms. The Morgan fingerprint density at radius 3 is 2.36 bits per heavy atom. The Kier molecular flexibility index (Phi) is 14.6. The van der Waals surface area contributed by atoms with Crippen LogP contribution in [0.1, 0.15) is 131 Å². The molecular formula is C31H60N2O3. The van der Waals surface area contributed by atoms with E-state index in [1.807, 2.05) is 13.8 Å². The summed E-state index contributed by atoms with van der Waals surface area (Å²) in [6, 6.07) is -0.549. The number of aliphatic carboxylic acids is 1. The minimum atomic E-state index is -0.835. The van der Waals surface area contributed by atoms with Gasteiger partial charge in [-0.3, -0.25) is 14.5 Å². The predicted molar refractivity (Wildman–Crippen MR) is 152 cm³/mol. The third kappa shape index (κ3) is 9.03. The van der Waals surface area contributed by atoms with Crippen LogP contribution in [-0.4, -0.2) is 48.6 Å². The smallest absolute Gasteiger partial charge is 0.320 e. The summed E-state index contributed by atoms with van der Waals surface area (Å²) >= 11 is 0. The second-order valence-corrected chi connectivity index (χ2v) is 12.3. The van der Waals surface area contributed by atoms with Gasteiger partial charge in [-0.25, -0.2) is 0 Å². The standard InChI is InChI=1S/C29H54N2O3.C2H6/c1-7-9-18-28(3,17-8-2)23-15-19-29(4)22(13-14-24(29)21-23)11-10-12-26(32)30-20-16-25(27(33)34)31(5)6;1-2/h22-25H,7-21H2,1-6H3,(H,30,32)(H,33,34);1-2H3. The number of carbonyl (C=O) groups is 2. The number of nitrogens with zero attached hydrogens (tertiary/aromatic N) is 1. The number of carboxylic acids is 1. The van der Waals surface area contributed by atoms with E-state index in [-0.39, 0.29) is 5.91 Å². The first-order valence-electron chi connectivity index (χ1n) is 15.2. The summed E-state index contributed by atoms with van der Waals surface area (Å²) in [7, 11) is 3.53. The molecule has 2 N–H and O–H groups in total. The zero-order valence-electron chi connectivity index (χ0n) is 25.1. The first-order valence-corrected chi connectivity index (χ1v) is 15.2. The van der Waals surface area contributed by atoms with Gasteiger partial charge in [-0.1, -0.05) is 60.8 Å². The number of fused-ring (bicyclic) bond motifs is 1.